The van der Waals surface area contributed by atoms with Gasteiger partial charge in [0.2, 0.25) is 0 Å². The Kier molecular flexibility index (Phi) is 2.64. The van der Waals surface area contributed by atoms with Crippen LogP contribution in [0.5, 0.6) is 0 Å². The molecule has 17 heavy (non-hydrogen) atoms. The van der Waals surface area contributed by atoms with Crippen LogP contribution in [0.25, 0.3) is 11.0 Å². The van der Waals surface area contributed by atoms with Gasteiger partial charge in [-0.2, -0.15) is 5.26 Å². The molecule has 1 aromatic carbocycles. The highest BCUT2D eigenvalue weighted by molar-refractivity contribution is 5.78. The van der Waals surface area contributed by atoms with Gasteiger partial charge in [-0.3, -0.25) is 0 Å². The van der Waals surface area contributed by atoms with Crippen LogP contribution in [0.1, 0.15) is 32.2 Å². The SMILES string of the molecule is CCn1c(C(C)(C)O)nc2cc(C#N)ccc21. The molecule has 0 unspecified atom stereocenters. The number of imidazole rings is 1. The van der Waals surface area contributed by atoms with Crippen molar-refractivity contribution in [2.24, 2.45) is 0 Å². The normalized spacial score (nSPS) is 11.7. The van der Waals surface area contributed by atoms with Crippen LogP contribution in [0.15, 0.2) is 18.2 Å². The number of benzene rings is 1. The van der Waals surface area contributed by atoms with Crippen LogP contribution in [0.2, 0.25) is 0 Å². The molecule has 0 fully saturated rings. The van der Waals surface area contributed by atoms with Crippen molar-refractivity contribution in [2.45, 2.75) is 32.9 Å². The van der Waals surface area contributed by atoms with E-state index in [2.05, 4.69) is 11.1 Å². The Bertz CT molecular complexity index is 599. The molecule has 0 radical (unpaired) electrons. The number of nitriles is 1. The highest BCUT2D eigenvalue weighted by Gasteiger charge is 2.24. The van der Waals surface area contributed by atoms with E-state index >= 15 is 0 Å². The molecular weight excluding hydrogens is 214 g/mol. The molecule has 2 aromatic rings. The van der Waals surface area contributed by atoms with E-state index in [0.717, 1.165) is 17.6 Å². The molecule has 0 saturated heterocycles. The van der Waals surface area contributed by atoms with E-state index in [4.69, 9.17) is 5.26 Å². The summed E-state index contributed by atoms with van der Waals surface area (Å²) in [6.07, 6.45) is 0. The zero-order valence-electron chi connectivity index (χ0n) is 10.2. The molecule has 88 valence electrons. The Morgan fingerprint density at radius 3 is 2.71 bits per heavy atom. The van der Waals surface area contributed by atoms with E-state index in [1.54, 1.807) is 26.0 Å². The van der Waals surface area contributed by atoms with Crippen molar-refractivity contribution < 1.29 is 5.11 Å². The third-order valence-corrected chi connectivity index (χ3v) is 2.74. The molecule has 1 heterocycles. The van der Waals surface area contributed by atoms with Crippen LogP contribution in [0, 0.1) is 11.3 Å². The predicted molar refractivity (Wildman–Crippen MR) is 65.4 cm³/mol. The molecule has 0 aliphatic heterocycles. The fourth-order valence-electron chi connectivity index (χ4n) is 1.99. The second kappa shape index (κ2) is 3.86. The first kappa shape index (κ1) is 11.6. The zero-order chi connectivity index (χ0) is 12.6. The number of hydrogen-bond acceptors (Lipinski definition) is 3. The second-order valence-corrected chi connectivity index (χ2v) is 4.55. The summed E-state index contributed by atoms with van der Waals surface area (Å²) in [5.74, 6) is 0.630. The van der Waals surface area contributed by atoms with Gasteiger partial charge in [0.15, 0.2) is 0 Å². The lowest BCUT2D eigenvalue weighted by Crippen LogP contribution is -2.21. The van der Waals surface area contributed by atoms with Crippen LogP contribution in [0.4, 0.5) is 0 Å². The molecule has 1 aromatic heterocycles. The maximum atomic E-state index is 10.1. The number of hydrogen-bond donors (Lipinski definition) is 1. The molecule has 1 N–H and O–H groups in total. The lowest BCUT2D eigenvalue weighted by molar-refractivity contribution is 0.0654. The number of aryl methyl sites for hydroxylation is 1. The summed E-state index contributed by atoms with van der Waals surface area (Å²) in [7, 11) is 0. The fourth-order valence-corrected chi connectivity index (χ4v) is 1.99. The van der Waals surface area contributed by atoms with Crippen molar-refractivity contribution in [3.63, 3.8) is 0 Å². The largest absolute Gasteiger partial charge is 0.383 e. The third kappa shape index (κ3) is 1.90. The molecular formula is C13H15N3O. The lowest BCUT2D eigenvalue weighted by atomic mass is 10.1. The standard InChI is InChI=1S/C13H15N3O/c1-4-16-11-6-5-9(8-14)7-10(11)15-12(16)13(2,3)17/h5-7,17H,4H2,1-3H3. The molecule has 0 amide bonds. The summed E-state index contributed by atoms with van der Waals surface area (Å²) >= 11 is 0. The average Bonchev–Trinajstić information content (AvgIpc) is 2.65. The minimum atomic E-state index is -0.984. The van der Waals surface area contributed by atoms with Crippen LogP contribution in [0.3, 0.4) is 0 Å². The van der Waals surface area contributed by atoms with Gasteiger partial charge < -0.3 is 9.67 Å². The molecule has 0 bridgehead atoms. The molecule has 0 spiro atoms. The van der Waals surface area contributed by atoms with E-state index in [1.807, 2.05) is 17.6 Å². The van der Waals surface area contributed by atoms with E-state index in [1.165, 1.54) is 0 Å². The van der Waals surface area contributed by atoms with Gasteiger partial charge in [-0.05, 0) is 39.0 Å². The van der Waals surface area contributed by atoms with Gasteiger partial charge in [0.05, 0.1) is 22.7 Å². The quantitative estimate of drug-likeness (QED) is 0.858. The highest BCUT2D eigenvalue weighted by Crippen LogP contribution is 2.25. The van der Waals surface area contributed by atoms with Gasteiger partial charge >= 0.3 is 0 Å². The maximum absolute atomic E-state index is 10.1. The molecule has 0 atom stereocenters. The molecule has 4 nitrogen and oxygen atoms in total. The maximum Gasteiger partial charge on any atom is 0.141 e. The number of aromatic nitrogens is 2. The topological polar surface area (TPSA) is 61.8 Å². The Morgan fingerprint density at radius 2 is 2.18 bits per heavy atom. The first-order valence-corrected chi connectivity index (χ1v) is 5.60. The van der Waals surface area contributed by atoms with Crippen molar-refractivity contribution in [3.05, 3.63) is 29.6 Å². The third-order valence-electron chi connectivity index (χ3n) is 2.74. The molecule has 0 aliphatic carbocycles. The Morgan fingerprint density at radius 1 is 1.47 bits per heavy atom. The Balaban J connectivity index is 2.76. The van der Waals surface area contributed by atoms with Crippen molar-refractivity contribution in [3.8, 4) is 6.07 Å². The highest BCUT2D eigenvalue weighted by atomic mass is 16.3. The summed E-state index contributed by atoms with van der Waals surface area (Å²) in [4.78, 5) is 4.43. The number of rotatable bonds is 2. The fraction of sp³-hybridized carbons (Fsp3) is 0.385. The predicted octanol–water partition coefficient (Wildman–Crippen LogP) is 2.16. The van der Waals surface area contributed by atoms with Crippen molar-refractivity contribution in [2.75, 3.05) is 0 Å². The molecule has 2 rings (SSSR count). The first-order valence-electron chi connectivity index (χ1n) is 5.60. The van der Waals surface area contributed by atoms with Crippen LogP contribution >= 0.6 is 0 Å². The summed E-state index contributed by atoms with van der Waals surface area (Å²) in [5.41, 5.74) is 1.30. The smallest absolute Gasteiger partial charge is 0.141 e. The second-order valence-electron chi connectivity index (χ2n) is 4.55. The Hall–Kier alpha value is -1.86. The van der Waals surface area contributed by atoms with Crippen molar-refractivity contribution in [1.82, 2.24) is 9.55 Å². The van der Waals surface area contributed by atoms with E-state index in [0.29, 0.717) is 11.4 Å². The minimum Gasteiger partial charge on any atom is -0.383 e. The van der Waals surface area contributed by atoms with Gasteiger partial charge in [0.1, 0.15) is 11.4 Å². The first-order chi connectivity index (χ1) is 7.97. The number of aliphatic hydroxyl groups is 1. The number of fused-ring (bicyclic) bond motifs is 1. The van der Waals surface area contributed by atoms with Gasteiger partial charge in [0, 0.05) is 6.54 Å². The molecule has 4 heteroatoms. The monoisotopic (exact) mass is 229 g/mol. The summed E-state index contributed by atoms with van der Waals surface area (Å²) in [6.45, 7) is 6.17. The molecule has 0 saturated carbocycles. The molecule has 0 aliphatic rings. The summed E-state index contributed by atoms with van der Waals surface area (Å²) < 4.78 is 1.97. The Labute approximate surface area is 100 Å². The van der Waals surface area contributed by atoms with Crippen LogP contribution < -0.4 is 0 Å². The van der Waals surface area contributed by atoms with Gasteiger partial charge in [0.25, 0.3) is 0 Å². The number of nitrogens with zero attached hydrogens (tertiary/aromatic N) is 3. The minimum absolute atomic E-state index is 0.584. The van der Waals surface area contributed by atoms with Crippen molar-refractivity contribution >= 4 is 11.0 Å². The van der Waals surface area contributed by atoms with Crippen molar-refractivity contribution in [1.29, 1.82) is 5.26 Å². The van der Waals surface area contributed by atoms with E-state index in [-0.39, 0.29) is 0 Å². The summed E-state index contributed by atoms with van der Waals surface area (Å²) in [6, 6.07) is 7.48. The van der Waals surface area contributed by atoms with E-state index in [9.17, 15) is 5.11 Å². The van der Waals surface area contributed by atoms with Gasteiger partial charge in [-0.25, -0.2) is 4.98 Å². The van der Waals surface area contributed by atoms with Gasteiger partial charge in [-0.15, -0.1) is 0 Å². The van der Waals surface area contributed by atoms with E-state index < -0.39 is 5.60 Å². The van der Waals surface area contributed by atoms with Crippen LogP contribution in [-0.2, 0) is 12.1 Å². The average molecular weight is 229 g/mol. The zero-order valence-corrected chi connectivity index (χ0v) is 10.2. The lowest BCUT2D eigenvalue weighted by Gasteiger charge is -2.17. The van der Waals surface area contributed by atoms with Crippen LogP contribution in [-0.4, -0.2) is 14.7 Å². The van der Waals surface area contributed by atoms with Gasteiger partial charge in [-0.1, -0.05) is 0 Å². The summed E-state index contributed by atoms with van der Waals surface area (Å²) in [5, 5.41) is 18.9.